The van der Waals surface area contributed by atoms with E-state index in [0.29, 0.717) is 17.1 Å². The number of hydrogen-bond acceptors (Lipinski definition) is 4. The number of carbonyl (C=O) groups excluding carboxylic acids is 1. The van der Waals surface area contributed by atoms with Crippen molar-refractivity contribution in [2.45, 2.75) is 44.1 Å². The number of amides is 1. The summed E-state index contributed by atoms with van der Waals surface area (Å²) < 4.78 is 0. The van der Waals surface area contributed by atoms with Gasteiger partial charge in [0.1, 0.15) is 11.1 Å². The molecule has 0 atom stereocenters. The molecule has 4 nitrogen and oxygen atoms in total. The zero-order valence-corrected chi connectivity index (χ0v) is 13.4. The first-order valence-electron chi connectivity index (χ1n) is 8.18. The molecule has 4 saturated carbocycles. The molecule has 0 aromatic carbocycles. The van der Waals surface area contributed by atoms with E-state index in [1.165, 1.54) is 49.9 Å². The summed E-state index contributed by atoms with van der Waals surface area (Å²) >= 11 is 1.41. The fourth-order valence-electron chi connectivity index (χ4n) is 5.26. The predicted molar refractivity (Wildman–Crippen MR) is 86.6 cm³/mol. The standard InChI is InChI=1S/C17H21N3OS/c18-9-14-1-2-22-16(14)20-15(21)10-19-17-6-11-3-12(7-17)5-13(4-11)8-17/h1-2,11-13,19H,3-8,10H2,(H,20,21). The Morgan fingerprint density at radius 1 is 1.27 bits per heavy atom. The van der Waals surface area contributed by atoms with Gasteiger partial charge in [0.2, 0.25) is 5.91 Å². The van der Waals surface area contributed by atoms with Crippen LogP contribution < -0.4 is 10.6 Å². The van der Waals surface area contributed by atoms with E-state index in [4.69, 9.17) is 5.26 Å². The monoisotopic (exact) mass is 315 g/mol. The van der Waals surface area contributed by atoms with Crippen LogP contribution in [0.1, 0.15) is 44.1 Å². The van der Waals surface area contributed by atoms with Crippen molar-refractivity contribution in [3.05, 3.63) is 17.0 Å². The minimum atomic E-state index is -0.0327. The molecule has 1 aromatic rings. The third-order valence-corrected chi connectivity index (χ3v) is 6.53. The van der Waals surface area contributed by atoms with Crippen LogP contribution in [0, 0.1) is 29.1 Å². The van der Waals surface area contributed by atoms with Crippen molar-refractivity contribution >= 4 is 22.2 Å². The first-order chi connectivity index (χ1) is 10.7. The lowest BCUT2D eigenvalue weighted by atomic mass is 9.53. The molecule has 5 rings (SSSR count). The third-order valence-electron chi connectivity index (χ3n) is 5.70. The van der Waals surface area contributed by atoms with Crippen molar-refractivity contribution < 1.29 is 4.79 Å². The maximum Gasteiger partial charge on any atom is 0.238 e. The highest BCUT2D eigenvalue weighted by Crippen LogP contribution is 2.55. The Kier molecular flexibility index (Phi) is 3.47. The van der Waals surface area contributed by atoms with Crippen molar-refractivity contribution in [2.75, 3.05) is 11.9 Å². The van der Waals surface area contributed by atoms with Gasteiger partial charge in [0.25, 0.3) is 0 Å². The average Bonchev–Trinajstić information content (AvgIpc) is 2.91. The van der Waals surface area contributed by atoms with Gasteiger partial charge in [0.15, 0.2) is 0 Å². The lowest BCUT2D eigenvalue weighted by Crippen LogP contribution is -2.59. The molecule has 4 fully saturated rings. The highest BCUT2D eigenvalue weighted by molar-refractivity contribution is 7.14. The molecule has 1 amide bonds. The number of thiophene rings is 1. The van der Waals surface area contributed by atoms with Crippen LogP contribution in [0.15, 0.2) is 11.4 Å². The van der Waals surface area contributed by atoms with Crippen LogP contribution in [0.5, 0.6) is 0 Å². The van der Waals surface area contributed by atoms with Crippen LogP contribution in [0.4, 0.5) is 5.00 Å². The fraction of sp³-hybridized carbons (Fsp3) is 0.647. The molecule has 0 radical (unpaired) electrons. The Hall–Kier alpha value is -1.38. The third kappa shape index (κ3) is 2.55. The number of nitrogens with one attached hydrogen (secondary N) is 2. The molecule has 1 aromatic heterocycles. The van der Waals surface area contributed by atoms with Gasteiger partial charge in [-0.25, -0.2) is 0 Å². The Bertz CT molecular complexity index is 595. The van der Waals surface area contributed by atoms with E-state index in [9.17, 15) is 4.79 Å². The van der Waals surface area contributed by atoms with Crippen molar-refractivity contribution in [1.82, 2.24) is 5.32 Å². The number of hydrogen-bond donors (Lipinski definition) is 2. The van der Waals surface area contributed by atoms with Crippen LogP contribution in [0.25, 0.3) is 0 Å². The molecule has 0 unspecified atom stereocenters. The van der Waals surface area contributed by atoms with Crippen LogP contribution in [-0.2, 0) is 4.79 Å². The summed E-state index contributed by atoms with van der Waals surface area (Å²) in [5.74, 6) is 2.60. The Morgan fingerprint density at radius 2 is 1.91 bits per heavy atom. The maximum absolute atomic E-state index is 12.2. The summed E-state index contributed by atoms with van der Waals surface area (Å²) in [7, 11) is 0. The van der Waals surface area contributed by atoms with E-state index in [1.54, 1.807) is 6.07 Å². The van der Waals surface area contributed by atoms with Crippen LogP contribution >= 0.6 is 11.3 Å². The summed E-state index contributed by atoms with van der Waals surface area (Å²) in [6.45, 7) is 0.356. The Morgan fingerprint density at radius 3 is 2.50 bits per heavy atom. The molecule has 0 spiro atoms. The van der Waals surface area contributed by atoms with Gasteiger partial charge in [0, 0.05) is 5.54 Å². The van der Waals surface area contributed by atoms with Crippen LogP contribution in [-0.4, -0.2) is 18.0 Å². The van der Waals surface area contributed by atoms with Gasteiger partial charge in [-0.2, -0.15) is 5.26 Å². The normalized spacial score (nSPS) is 35.3. The van der Waals surface area contributed by atoms with E-state index in [0.717, 1.165) is 17.8 Å². The average molecular weight is 315 g/mol. The molecule has 1 heterocycles. The maximum atomic E-state index is 12.2. The van der Waals surface area contributed by atoms with E-state index in [2.05, 4.69) is 16.7 Å². The lowest BCUT2D eigenvalue weighted by molar-refractivity contribution is -0.116. The molecule has 22 heavy (non-hydrogen) atoms. The largest absolute Gasteiger partial charge is 0.315 e. The molecule has 0 saturated heterocycles. The first-order valence-corrected chi connectivity index (χ1v) is 9.06. The second kappa shape index (κ2) is 5.36. The second-order valence-electron chi connectivity index (χ2n) is 7.37. The zero-order valence-electron chi connectivity index (χ0n) is 12.6. The Labute approximate surface area is 134 Å². The predicted octanol–water partition coefficient (Wildman–Crippen LogP) is 3.12. The van der Waals surface area contributed by atoms with Crippen molar-refractivity contribution in [1.29, 1.82) is 5.26 Å². The van der Waals surface area contributed by atoms with Crippen molar-refractivity contribution in [3.63, 3.8) is 0 Å². The van der Waals surface area contributed by atoms with Crippen LogP contribution in [0.2, 0.25) is 0 Å². The second-order valence-corrected chi connectivity index (χ2v) is 8.29. The lowest BCUT2D eigenvalue weighted by Gasteiger charge is -2.57. The molecular weight excluding hydrogens is 294 g/mol. The summed E-state index contributed by atoms with van der Waals surface area (Å²) in [4.78, 5) is 12.2. The molecule has 4 aliphatic rings. The molecule has 4 bridgehead atoms. The van der Waals surface area contributed by atoms with Gasteiger partial charge in [-0.15, -0.1) is 11.3 Å². The van der Waals surface area contributed by atoms with Crippen LogP contribution in [0.3, 0.4) is 0 Å². The van der Waals surface area contributed by atoms with Crippen molar-refractivity contribution in [2.24, 2.45) is 17.8 Å². The van der Waals surface area contributed by atoms with E-state index in [1.807, 2.05) is 5.38 Å². The number of nitrogens with zero attached hydrogens (tertiary/aromatic N) is 1. The van der Waals surface area contributed by atoms with Gasteiger partial charge in [0.05, 0.1) is 12.1 Å². The molecule has 4 aliphatic carbocycles. The summed E-state index contributed by atoms with van der Waals surface area (Å²) in [6, 6.07) is 3.85. The number of nitriles is 1. The quantitative estimate of drug-likeness (QED) is 0.897. The number of carbonyl (C=O) groups is 1. The summed E-state index contributed by atoms with van der Waals surface area (Å²) in [5, 5.41) is 17.9. The van der Waals surface area contributed by atoms with Crippen molar-refractivity contribution in [3.8, 4) is 6.07 Å². The minimum Gasteiger partial charge on any atom is -0.315 e. The molecule has 2 N–H and O–H groups in total. The van der Waals surface area contributed by atoms with Gasteiger partial charge >= 0.3 is 0 Å². The molecule has 0 aliphatic heterocycles. The minimum absolute atomic E-state index is 0.0327. The highest BCUT2D eigenvalue weighted by atomic mass is 32.1. The summed E-state index contributed by atoms with van der Waals surface area (Å²) in [6.07, 6.45) is 7.97. The Balaban J connectivity index is 1.37. The van der Waals surface area contributed by atoms with E-state index < -0.39 is 0 Å². The number of rotatable bonds is 4. The first kappa shape index (κ1) is 14.2. The van der Waals surface area contributed by atoms with Gasteiger partial charge in [-0.1, -0.05) is 0 Å². The topological polar surface area (TPSA) is 64.9 Å². The fourth-order valence-corrected chi connectivity index (χ4v) is 6.01. The van der Waals surface area contributed by atoms with E-state index >= 15 is 0 Å². The van der Waals surface area contributed by atoms with Gasteiger partial charge in [-0.05, 0) is 67.7 Å². The highest BCUT2D eigenvalue weighted by Gasteiger charge is 2.50. The smallest absolute Gasteiger partial charge is 0.238 e. The van der Waals surface area contributed by atoms with Gasteiger partial charge < -0.3 is 10.6 Å². The molecule has 5 heteroatoms. The SMILES string of the molecule is N#Cc1ccsc1NC(=O)CNC12CC3CC(CC(C3)C1)C2. The molecular formula is C17H21N3OS. The van der Waals surface area contributed by atoms with Gasteiger partial charge in [-0.3, -0.25) is 4.79 Å². The van der Waals surface area contributed by atoms with E-state index in [-0.39, 0.29) is 11.4 Å². The number of anilines is 1. The summed E-state index contributed by atoms with van der Waals surface area (Å²) in [5.41, 5.74) is 0.757. The molecule has 116 valence electrons. The zero-order chi connectivity index (χ0) is 15.2.